The number of para-hydroxylation sites is 1. The van der Waals surface area contributed by atoms with E-state index in [1.165, 1.54) is 0 Å². The van der Waals surface area contributed by atoms with Crippen LogP contribution in [0.2, 0.25) is 0 Å². The largest absolute Gasteiger partial charge is 0.268 e. The number of aromatic nitrogens is 2. The van der Waals surface area contributed by atoms with Gasteiger partial charge >= 0.3 is 0 Å². The van der Waals surface area contributed by atoms with E-state index in [4.69, 9.17) is 0 Å². The molecule has 0 bridgehead atoms. The molecule has 0 aliphatic heterocycles. The highest BCUT2D eigenvalue weighted by atomic mass is 16.1. The SMILES string of the molecule is O=c1c2ccccc2cc2ncc3ccccc3n12. The van der Waals surface area contributed by atoms with Gasteiger partial charge in [0.2, 0.25) is 0 Å². The van der Waals surface area contributed by atoms with Gasteiger partial charge in [0.05, 0.1) is 5.52 Å². The summed E-state index contributed by atoms with van der Waals surface area (Å²) in [6.45, 7) is 0. The third kappa shape index (κ3) is 1.38. The fraction of sp³-hybridized carbons (Fsp3) is 0. The lowest BCUT2D eigenvalue weighted by Gasteiger charge is -2.06. The highest BCUT2D eigenvalue weighted by molar-refractivity contribution is 5.88. The second-order valence-electron chi connectivity index (χ2n) is 4.55. The van der Waals surface area contributed by atoms with E-state index in [9.17, 15) is 4.79 Å². The third-order valence-electron chi connectivity index (χ3n) is 3.42. The molecule has 3 nitrogen and oxygen atoms in total. The van der Waals surface area contributed by atoms with Gasteiger partial charge in [0.1, 0.15) is 5.65 Å². The van der Waals surface area contributed by atoms with Crippen LogP contribution in [-0.4, -0.2) is 9.38 Å². The van der Waals surface area contributed by atoms with Gasteiger partial charge < -0.3 is 0 Å². The Morgan fingerprint density at radius 2 is 1.63 bits per heavy atom. The van der Waals surface area contributed by atoms with E-state index in [0.717, 1.165) is 21.7 Å². The molecule has 90 valence electrons. The second-order valence-corrected chi connectivity index (χ2v) is 4.55. The quantitative estimate of drug-likeness (QED) is 0.353. The summed E-state index contributed by atoms with van der Waals surface area (Å²) >= 11 is 0. The fourth-order valence-electron chi connectivity index (χ4n) is 2.51. The van der Waals surface area contributed by atoms with Crippen LogP contribution in [0.25, 0.3) is 27.3 Å². The fourth-order valence-corrected chi connectivity index (χ4v) is 2.51. The Morgan fingerprint density at radius 3 is 2.53 bits per heavy atom. The van der Waals surface area contributed by atoms with Crippen molar-refractivity contribution in [1.82, 2.24) is 9.38 Å². The average Bonchev–Trinajstić information content (AvgIpc) is 2.47. The predicted molar refractivity (Wildman–Crippen MR) is 76.5 cm³/mol. The lowest BCUT2D eigenvalue weighted by atomic mass is 10.1. The molecule has 0 fully saturated rings. The van der Waals surface area contributed by atoms with Gasteiger partial charge in [0.15, 0.2) is 0 Å². The van der Waals surface area contributed by atoms with Gasteiger partial charge in [-0.25, -0.2) is 4.98 Å². The van der Waals surface area contributed by atoms with Crippen LogP contribution in [0.4, 0.5) is 0 Å². The molecular formula is C16H10N2O. The zero-order valence-electron chi connectivity index (χ0n) is 10.1. The molecule has 0 spiro atoms. The Kier molecular flexibility index (Phi) is 1.97. The molecule has 0 N–H and O–H groups in total. The molecule has 3 heteroatoms. The van der Waals surface area contributed by atoms with Crippen LogP contribution in [-0.2, 0) is 0 Å². The summed E-state index contributed by atoms with van der Waals surface area (Å²) in [6.07, 6.45) is 1.80. The lowest BCUT2D eigenvalue weighted by molar-refractivity contribution is 1.12. The standard InChI is InChI=1S/C16H10N2O/c19-16-13-7-3-1-5-11(13)9-15-17-10-12-6-2-4-8-14(12)18(15)16/h1-10H. The monoisotopic (exact) mass is 246 g/mol. The van der Waals surface area contributed by atoms with Gasteiger partial charge in [-0.05, 0) is 23.6 Å². The molecule has 19 heavy (non-hydrogen) atoms. The van der Waals surface area contributed by atoms with Crippen molar-refractivity contribution >= 4 is 27.3 Å². The number of rotatable bonds is 0. The molecule has 2 aromatic heterocycles. The summed E-state index contributed by atoms with van der Waals surface area (Å²) in [4.78, 5) is 17.0. The Bertz CT molecular complexity index is 986. The van der Waals surface area contributed by atoms with Crippen LogP contribution in [0.5, 0.6) is 0 Å². The van der Waals surface area contributed by atoms with Crippen LogP contribution in [0.3, 0.4) is 0 Å². The van der Waals surface area contributed by atoms with Gasteiger partial charge in [-0.2, -0.15) is 0 Å². The molecule has 0 radical (unpaired) electrons. The molecule has 4 rings (SSSR count). The number of fused-ring (bicyclic) bond motifs is 4. The molecule has 2 heterocycles. The maximum Gasteiger partial charge on any atom is 0.264 e. The summed E-state index contributed by atoms with van der Waals surface area (Å²) in [5.74, 6) is 0. The molecule has 0 aliphatic carbocycles. The first kappa shape index (κ1) is 10.3. The molecule has 0 amide bonds. The van der Waals surface area contributed by atoms with E-state index >= 15 is 0 Å². The highest BCUT2D eigenvalue weighted by Gasteiger charge is 2.06. The first-order valence-electron chi connectivity index (χ1n) is 6.13. The molecule has 0 saturated carbocycles. The highest BCUT2D eigenvalue weighted by Crippen LogP contribution is 2.16. The van der Waals surface area contributed by atoms with Crippen LogP contribution in [0.1, 0.15) is 0 Å². The van der Waals surface area contributed by atoms with Crippen molar-refractivity contribution in [3.63, 3.8) is 0 Å². The van der Waals surface area contributed by atoms with Crippen molar-refractivity contribution in [3.8, 4) is 0 Å². The van der Waals surface area contributed by atoms with Crippen molar-refractivity contribution in [2.75, 3.05) is 0 Å². The van der Waals surface area contributed by atoms with E-state index in [-0.39, 0.29) is 5.56 Å². The van der Waals surface area contributed by atoms with E-state index in [0.29, 0.717) is 5.65 Å². The van der Waals surface area contributed by atoms with Gasteiger partial charge in [-0.3, -0.25) is 9.20 Å². The summed E-state index contributed by atoms with van der Waals surface area (Å²) < 4.78 is 1.68. The van der Waals surface area contributed by atoms with E-state index in [1.54, 1.807) is 10.6 Å². The van der Waals surface area contributed by atoms with Gasteiger partial charge in [0.25, 0.3) is 5.56 Å². The number of pyridine rings is 1. The van der Waals surface area contributed by atoms with Gasteiger partial charge in [-0.15, -0.1) is 0 Å². The Morgan fingerprint density at radius 1 is 0.895 bits per heavy atom. The molecule has 0 atom stereocenters. The van der Waals surface area contributed by atoms with Crippen LogP contribution < -0.4 is 5.56 Å². The summed E-state index contributed by atoms with van der Waals surface area (Å²) in [7, 11) is 0. The number of benzene rings is 2. The first-order chi connectivity index (χ1) is 9.34. The Balaban J connectivity index is 2.37. The zero-order valence-corrected chi connectivity index (χ0v) is 10.1. The maximum absolute atomic E-state index is 12.6. The average molecular weight is 246 g/mol. The first-order valence-corrected chi connectivity index (χ1v) is 6.13. The summed E-state index contributed by atoms with van der Waals surface area (Å²) in [5, 5.41) is 2.61. The Hall–Kier alpha value is -2.68. The van der Waals surface area contributed by atoms with Gasteiger partial charge in [-0.1, -0.05) is 36.4 Å². The van der Waals surface area contributed by atoms with E-state index in [1.807, 2.05) is 54.6 Å². The van der Waals surface area contributed by atoms with Crippen molar-refractivity contribution in [2.24, 2.45) is 0 Å². The van der Waals surface area contributed by atoms with Crippen molar-refractivity contribution in [1.29, 1.82) is 0 Å². The normalized spacial score (nSPS) is 11.4. The molecule has 0 aliphatic rings. The van der Waals surface area contributed by atoms with Crippen molar-refractivity contribution < 1.29 is 0 Å². The van der Waals surface area contributed by atoms with Crippen molar-refractivity contribution in [3.05, 3.63) is 71.1 Å². The second kappa shape index (κ2) is 3.65. The number of nitrogens with zero attached hydrogens (tertiary/aromatic N) is 2. The van der Waals surface area contributed by atoms with Crippen molar-refractivity contribution in [2.45, 2.75) is 0 Å². The minimum atomic E-state index is -0.0163. The zero-order chi connectivity index (χ0) is 12.8. The van der Waals surface area contributed by atoms with E-state index in [2.05, 4.69) is 4.98 Å². The number of hydrogen-bond acceptors (Lipinski definition) is 2. The minimum absolute atomic E-state index is 0.0163. The molecular weight excluding hydrogens is 236 g/mol. The number of hydrogen-bond donors (Lipinski definition) is 0. The molecule has 0 saturated heterocycles. The minimum Gasteiger partial charge on any atom is -0.268 e. The topological polar surface area (TPSA) is 34.4 Å². The summed E-state index contributed by atoms with van der Waals surface area (Å²) in [5.41, 5.74) is 1.56. The molecule has 2 aromatic carbocycles. The molecule has 4 aromatic rings. The molecule has 0 unspecified atom stereocenters. The van der Waals surface area contributed by atoms with E-state index < -0.39 is 0 Å². The Labute approximate surface area is 108 Å². The van der Waals surface area contributed by atoms with Crippen LogP contribution >= 0.6 is 0 Å². The van der Waals surface area contributed by atoms with Crippen LogP contribution in [0, 0.1) is 0 Å². The van der Waals surface area contributed by atoms with Gasteiger partial charge in [0, 0.05) is 17.0 Å². The smallest absolute Gasteiger partial charge is 0.264 e. The third-order valence-corrected chi connectivity index (χ3v) is 3.42. The lowest BCUT2D eigenvalue weighted by Crippen LogP contribution is -2.15. The maximum atomic E-state index is 12.6. The predicted octanol–water partition coefficient (Wildman–Crippen LogP) is 3.00. The van der Waals surface area contributed by atoms with Crippen LogP contribution in [0.15, 0.2) is 65.6 Å². The summed E-state index contributed by atoms with van der Waals surface area (Å²) in [6, 6.07) is 17.3.